The third kappa shape index (κ3) is 4.31. The zero-order chi connectivity index (χ0) is 17.7. The molecular weight excluding hydrogens is 323 g/mol. The van der Waals surface area contributed by atoms with Crippen molar-refractivity contribution in [3.05, 3.63) is 65.0 Å². The van der Waals surface area contributed by atoms with Gasteiger partial charge in [0.25, 0.3) is 11.8 Å². The van der Waals surface area contributed by atoms with Gasteiger partial charge in [0.15, 0.2) is 0 Å². The molecule has 1 aromatic heterocycles. The number of rotatable bonds is 3. The number of nitrogens with one attached hydrogen (secondary N) is 2. The zero-order valence-corrected chi connectivity index (χ0v) is 12.6. The molecule has 0 saturated heterocycles. The number of halogens is 3. The largest absolute Gasteiger partial charge is 0.433 e. The number of alkyl halides is 3. The lowest BCUT2D eigenvalue weighted by molar-refractivity contribution is -0.141. The lowest BCUT2D eigenvalue weighted by Gasteiger charge is -2.09. The van der Waals surface area contributed by atoms with Gasteiger partial charge in [0.05, 0.1) is 5.56 Å². The van der Waals surface area contributed by atoms with Crippen molar-refractivity contribution in [3.63, 3.8) is 0 Å². The Morgan fingerprint density at radius 1 is 0.958 bits per heavy atom. The van der Waals surface area contributed by atoms with E-state index in [1.54, 1.807) is 24.3 Å². The number of hydrogen-bond donors (Lipinski definition) is 2. The molecule has 0 spiro atoms. The fraction of sp³-hybridized carbons (Fsp3) is 0.188. The summed E-state index contributed by atoms with van der Waals surface area (Å²) in [5.74, 6) is -1.30. The molecule has 0 aliphatic carbocycles. The van der Waals surface area contributed by atoms with Crippen LogP contribution >= 0.6 is 0 Å². The standard InChI is InChI=1S/C16H14F3N3O2/c1-2-10-3-5-11(6-4-10)14(23)21-22-15(24)12-7-8-13(20-9-12)16(17,18)19/h3-9H,2H2,1H3,(H,21,23)(H,22,24). The van der Waals surface area contributed by atoms with Crippen molar-refractivity contribution < 1.29 is 22.8 Å². The van der Waals surface area contributed by atoms with E-state index >= 15 is 0 Å². The number of carbonyl (C=O) groups excluding carboxylic acids is 2. The first-order chi connectivity index (χ1) is 11.3. The van der Waals surface area contributed by atoms with Gasteiger partial charge < -0.3 is 0 Å². The summed E-state index contributed by atoms with van der Waals surface area (Å²) in [5, 5.41) is 0. The Morgan fingerprint density at radius 3 is 1.96 bits per heavy atom. The quantitative estimate of drug-likeness (QED) is 0.846. The van der Waals surface area contributed by atoms with Crippen LogP contribution in [0.4, 0.5) is 13.2 Å². The Kier molecular flexibility index (Phi) is 5.18. The number of amides is 2. The van der Waals surface area contributed by atoms with Crippen LogP contribution in [-0.2, 0) is 12.6 Å². The molecule has 0 bridgehead atoms. The number of hydrogen-bond acceptors (Lipinski definition) is 3. The lowest BCUT2D eigenvalue weighted by Crippen LogP contribution is -2.41. The summed E-state index contributed by atoms with van der Waals surface area (Å²) in [6.07, 6.45) is -2.95. The van der Waals surface area contributed by atoms with Crippen molar-refractivity contribution >= 4 is 11.8 Å². The van der Waals surface area contributed by atoms with Gasteiger partial charge >= 0.3 is 6.18 Å². The second-order valence-electron chi connectivity index (χ2n) is 4.89. The smallest absolute Gasteiger partial charge is 0.267 e. The minimum atomic E-state index is -4.58. The van der Waals surface area contributed by atoms with Gasteiger partial charge in [0, 0.05) is 11.8 Å². The Labute approximate surface area is 135 Å². The second-order valence-corrected chi connectivity index (χ2v) is 4.89. The van der Waals surface area contributed by atoms with Crippen LogP contribution < -0.4 is 10.9 Å². The Balaban J connectivity index is 1.95. The minimum absolute atomic E-state index is 0.107. The van der Waals surface area contributed by atoms with Gasteiger partial charge in [-0.15, -0.1) is 0 Å². The molecular formula is C16H14F3N3O2. The van der Waals surface area contributed by atoms with Crippen LogP contribution in [0.5, 0.6) is 0 Å². The van der Waals surface area contributed by atoms with E-state index in [1.165, 1.54) is 0 Å². The van der Waals surface area contributed by atoms with Gasteiger partial charge in [-0.05, 0) is 36.2 Å². The van der Waals surface area contributed by atoms with Gasteiger partial charge in [0.2, 0.25) is 0 Å². The lowest BCUT2D eigenvalue weighted by atomic mass is 10.1. The monoisotopic (exact) mass is 337 g/mol. The number of benzene rings is 1. The zero-order valence-electron chi connectivity index (χ0n) is 12.6. The van der Waals surface area contributed by atoms with Gasteiger partial charge in [-0.1, -0.05) is 19.1 Å². The molecule has 126 valence electrons. The van der Waals surface area contributed by atoms with Crippen LogP contribution in [-0.4, -0.2) is 16.8 Å². The second kappa shape index (κ2) is 7.12. The molecule has 8 heteroatoms. The van der Waals surface area contributed by atoms with Crippen molar-refractivity contribution in [1.29, 1.82) is 0 Å². The number of pyridine rings is 1. The third-order valence-corrected chi connectivity index (χ3v) is 3.23. The highest BCUT2D eigenvalue weighted by Gasteiger charge is 2.32. The summed E-state index contributed by atoms with van der Waals surface area (Å²) in [7, 11) is 0. The highest BCUT2D eigenvalue weighted by Crippen LogP contribution is 2.27. The van der Waals surface area contributed by atoms with Crippen molar-refractivity contribution in [2.24, 2.45) is 0 Å². The summed E-state index contributed by atoms with van der Waals surface area (Å²) in [4.78, 5) is 26.8. The normalized spacial score (nSPS) is 11.0. The van der Waals surface area contributed by atoms with Crippen molar-refractivity contribution in [3.8, 4) is 0 Å². The molecule has 2 N–H and O–H groups in total. The summed E-state index contributed by atoms with van der Waals surface area (Å²) in [6.45, 7) is 1.98. The van der Waals surface area contributed by atoms with Gasteiger partial charge in [-0.2, -0.15) is 13.2 Å². The molecule has 24 heavy (non-hydrogen) atoms. The van der Waals surface area contributed by atoms with Crippen LogP contribution in [0.2, 0.25) is 0 Å². The topological polar surface area (TPSA) is 71.1 Å². The molecule has 0 unspecified atom stereocenters. The number of nitrogens with zero attached hydrogens (tertiary/aromatic N) is 1. The van der Waals surface area contributed by atoms with E-state index in [0.29, 0.717) is 11.6 Å². The summed E-state index contributed by atoms with van der Waals surface area (Å²) in [5.41, 5.74) is 4.52. The first-order valence-electron chi connectivity index (χ1n) is 7.04. The summed E-state index contributed by atoms with van der Waals surface area (Å²) < 4.78 is 37.2. The molecule has 0 radical (unpaired) electrons. The van der Waals surface area contributed by atoms with E-state index in [-0.39, 0.29) is 5.56 Å². The van der Waals surface area contributed by atoms with E-state index in [4.69, 9.17) is 0 Å². The summed E-state index contributed by atoms with van der Waals surface area (Å²) in [6, 6.07) is 8.47. The van der Waals surface area contributed by atoms with Crippen LogP contribution in [0.1, 0.15) is 38.9 Å². The summed E-state index contributed by atoms with van der Waals surface area (Å²) >= 11 is 0. The number of aromatic nitrogens is 1. The van der Waals surface area contributed by atoms with Crippen LogP contribution in [0.15, 0.2) is 42.6 Å². The predicted octanol–water partition coefficient (Wildman–Crippen LogP) is 2.74. The first kappa shape index (κ1) is 17.5. The number of carbonyl (C=O) groups is 2. The molecule has 2 aromatic rings. The van der Waals surface area contributed by atoms with Crippen molar-refractivity contribution in [1.82, 2.24) is 15.8 Å². The fourth-order valence-electron chi connectivity index (χ4n) is 1.85. The minimum Gasteiger partial charge on any atom is -0.267 e. The molecule has 0 saturated carbocycles. The average molecular weight is 337 g/mol. The maximum Gasteiger partial charge on any atom is 0.433 e. The van der Waals surface area contributed by atoms with Crippen LogP contribution in [0.25, 0.3) is 0 Å². The maximum absolute atomic E-state index is 12.4. The molecule has 1 heterocycles. The Bertz CT molecular complexity index is 726. The maximum atomic E-state index is 12.4. The third-order valence-electron chi connectivity index (χ3n) is 3.23. The number of hydrazine groups is 1. The number of aryl methyl sites for hydroxylation is 1. The van der Waals surface area contributed by atoms with Gasteiger partial charge in [0.1, 0.15) is 5.69 Å². The van der Waals surface area contributed by atoms with E-state index < -0.39 is 23.7 Å². The molecule has 2 amide bonds. The van der Waals surface area contributed by atoms with Crippen LogP contribution in [0, 0.1) is 0 Å². The molecule has 0 aliphatic rings. The predicted molar refractivity (Wildman–Crippen MR) is 80.0 cm³/mol. The van der Waals surface area contributed by atoms with Gasteiger partial charge in [-0.3, -0.25) is 25.4 Å². The molecule has 2 rings (SSSR count). The molecule has 0 fully saturated rings. The molecule has 0 aliphatic heterocycles. The Morgan fingerprint density at radius 2 is 1.50 bits per heavy atom. The molecule has 0 atom stereocenters. The van der Waals surface area contributed by atoms with E-state index in [9.17, 15) is 22.8 Å². The fourth-order valence-corrected chi connectivity index (χ4v) is 1.85. The SMILES string of the molecule is CCc1ccc(C(=O)NNC(=O)c2ccc(C(F)(F)F)nc2)cc1. The van der Waals surface area contributed by atoms with E-state index in [2.05, 4.69) is 15.8 Å². The molecule has 5 nitrogen and oxygen atoms in total. The van der Waals surface area contributed by atoms with Gasteiger partial charge in [-0.25, -0.2) is 0 Å². The molecule has 1 aromatic carbocycles. The highest BCUT2D eigenvalue weighted by molar-refractivity contribution is 5.98. The van der Waals surface area contributed by atoms with Crippen LogP contribution in [0.3, 0.4) is 0 Å². The van der Waals surface area contributed by atoms with E-state index in [0.717, 1.165) is 24.2 Å². The van der Waals surface area contributed by atoms with Crippen molar-refractivity contribution in [2.75, 3.05) is 0 Å². The highest BCUT2D eigenvalue weighted by atomic mass is 19.4. The van der Waals surface area contributed by atoms with E-state index in [1.807, 2.05) is 6.92 Å². The average Bonchev–Trinajstić information content (AvgIpc) is 2.58. The van der Waals surface area contributed by atoms with Crippen molar-refractivity contribution in [2.45, 2.75) is 19.5 Å². The Hall–Kier alpha value is -2.90. The first-order valence-corrected chi connectivity index (χ1v) is 7.04.